The summed E-state index contributed by atoms with van der Waals surface area (Å²) in [5.41, 5.74) is 12.6. The Morgan fingerprint density at radius 2 is 1.57 bits per heavy atom. The number of fused-ring (bicyclic) bond motifs is 2. The minimum absolute atomic E-state index is 0.445. The maximum Gasteiger partial charge on any atom is 0.251 e. The Morgan fingerprint density at radius 3 is 2.09 bits per heavy atom. The average Bonchev–Trinajstić information content (AvgIpc) is 3.52. The number of hydrogen-bond donors (Lipinski definition) is 2. The number of rotatable bonds is 9. The number of H-pyrrole nitrogens is 1. The molecule has 244 valence electrons. The van der Waals surface area contributed by atoms with Crippen molar-refractivity contribution in [3.8, 4) is 11.1 Å². The predicted octanol–water partition coefficient (Wildman–Crippen LogP) is 11.7. The number of carbonyl (C=O) groups is 1. The molecular weight excluding hydrogens is 540 g/mol. The Balaban J connectivity index is 0.000000290. The second kappa shape index (κ2) is 20.9. The van der Waals surface area contributed by atoms with Gasteiger partial charge in [-0.05, 0) is 60.4 Å². The summed E-state index contributed by atoms with van der Waals surface area (Å²) in [4.78, 5) is 23.9. The van der Waals surface area contributed by atoms with Crippen LogP contribution in [0.4, 0.5) is 5.69 Å². The number of nitrogens with zero attached hydrogens (tertiary/aromatic N) is 2. The fourth-order valence-electron chi connectivity index (χ4n) is 5.74. The van der Waals surface area contributed by atoms with Gasteiger partial charge in [0.25, 0.3) is 5.91 Å². The molecule has 1 aliphatic carbocycles. The topological polar surface area (TPSA) is 84.1 Å². The van der Waals surface area contributed by atoms with Crippen molar-refractivity contribution < 1.29 is 4.79 Å². The molecule has 1 aliphatic heterocycles. The van der Waals surface area contributed by atoms with Crippen molar-refractivity contribution >= 4 is 28.8 Å². The molecule has 5 rings (SSSR count). The fraction of sp³-hybridized carbons (Fsp3) is 0.615. The van der Waals surface area contributed by atoms with Crippen molar-refractivity contribution in [2.24, 2.45) is 22.6 Å². The van der Waals surface area contributed by atoms with Crippen LogP contribution >= 0.6 is 0 Å². The number of benzene rings is 2. The van der Waals surface area contributed by atoms with Crippen LogP contribution in [-0.4, -0.2) is 22.1 Å². The van der Waals surface area contributed by atoms with Crippen molar-refractivity contribution in [2.45, 2.75) is 145 Å². The highest BCUT2D eigenvalue weighted by atomic mass is 16.1. The molecule has 1 fully saturated rings. The van der Waals surface area contributed by atoms with Gasteiger partial charge < -0.3 is 10.7 Å². The summed E-state index contributed by atoms with van der Waals surface area (Å²) >= 11 is 0. The standard InChI is InChI=1S/C20H20N4O.C8H18.C7H14.C4H10/c1-3-12-7-14-5-4-13(8-16(14)22-9-12)15-6-11(2)17(20(21)25)19-18(15)23-10-24-19;1-3-5-7-8-6-4-2;1-7-5-3-2-4-6-7;1-3-4-2/h4-6,8-10,12H,3,7H2,1-2H3,(H2,21,25)(H,23,24);3-8H2,1-2H3;7H,2-6H2,1H3;3-4H2,1-2H3. The molecule has 1 amide bonds. The van der Waals surface area contributed by atoms with Gasteiger partial charge in [-0.2, -0.15) is 0 Å². The minimum atomic E-state index is -0.445. The Kier molecular flexibility index (Phi) is 17.7. The molecule has 1 saturated carbocycles. The van der Waals surface area contributed by atoms with Crippen molar-refractivity contribution in [3.05, 3.63) is 47.3 Å². The quantitative estimate of drug-likeness (QED) is 0.239. The molecule has 1 unspecified atom stereocenters. The number of carbonyl (C=O) groups excluding carboxylic acids is 1. The lowest BCUT2D eigenvalue weighted by molar-refractivity contribution is 0.100. The van der Waals surface area contributed by atoms with Gasteiger partial charge in [-0.15, -0.1) is 0 Å². The van der Waals surface area contributed by atoms with Gasteiger partial charge in [0.1, 0.15) is 0 Å². The van der Waals surface area contributed by atoms with Crippen molar-refractivity contribution in [2.75, 3.05) is 0 Å². The molecule has 3 N–H and O–H groups in total. The summed E-state index contributed by atoms with van der Waals surface area (Å²) in [7, 11) is 0. The molecular formula is C39H62N4O. The average molecular weight is 603 g/mol. The van der Waals surface area contributed by atoms with Crippen LogP contribution in [0.5, 0.6) is 0 Å². The summed E-state index contributed by atoms with van der Waals surface area (Å²) in [5.74, 6) is 1.11. The lowest BCUT2D eigenvalue weighted by atomic mass is 9.91. The predicted molar refractivity (Wildman–Crippen MR) is 192 cm³/mol. The number of aromatic nitrogens is 2. The number of nitrogens with two attached hydrogens (primary N) is 1. The van der Waals surface area contributed by atoms with Gasteiger partial charge in [0, 0.05) is 11.8 Å². The summed E-state index contributed by atoms with van der Waals surface area (Å²) in [6.07, 6.45) is 24.4. The summed E-state index contributed by atoms with van der Waals surface area (Å²) in [6.45, 7) is 15.3. The zero-order valence-corrected chi connectivity index (χ0v) is 29.1. The van der Waals surface area contributed by atoms with Crippen LogP contribution in [-0.2, 0) is 6.42 Å². The van der Waals surface area contributed by atoms with E-state index in [9.17, 15) is 4.79 Å². The summed E-state index contributed by atoms with van der Waals surface area (Å²) < 4.78 is 0. The van der Waals surface area contributed by atoms with Gasteiger partial charge in [0.05, 0.1) is 28.6 Å². The molecule has 2 aromatic carbocycles. The Labute approximate surface area is 268 Å². The number of aliphatic imine (C=N–C) groups is 1. The van der Waals surface area contributed by atoms with Gasteiger partial charge >= 0.3 is 0 Å². The second-order valence-corrected chi connectivity index (χ2v) is 12.8. The number of primary amides is 1. The Hall–Kier alpha value is -2.95. The zero-order chi connectivity index (χ0) is 32.3. The van der Waals surface area contributed by atoms with E-state index in [1.165, 1.54) is 89.0 Å². The van der Waals surface area contributed by atoms with Crippen LogP contribution in [0.25, 0.3) is 22.2 Å². The fourth-order valence-corrected chi connectivity index (χ4v) is 5.74. The number of aromatic amines is 1. The maximum absolute atomic E-state index is 11.8. The first-order valence-corrected chi connectivity index (χ1v) is 17.7. The minimum Gasteiger partial charge on any atom is -0.366 e. The monoisotopic (exact) mass is 602 g/mol. The van der Waals surface area contributed by atoms with E-state index in [-0.39, 0.29) is 0 Å². The molecule has 0 radical (unpaired) electrons. The lowest BCUT2D eigenvalue weighted by Crippen LogP contribution is -2.13. The highest BCUT2D eigenvalue weighted by Crippen LogP contribution is 2.36. The lowest BCUT2D eigenvalue weighted by Gasteiger charge is -2.18. The van der Waals surface area contributed by atoms with E-state index in [1.807, 2.05) is 13.0 Å². The summed E-state index contributed by atoms with van der Waals surface area (Å²) in [6, 6.07) is 8.34. The molecule has 2 heterocycles. The van der Waals surface area contributed by atoms with Crippen LogP contribution in [0.2, 0.25) is 0 Å². The number of amides is 1. The number of aryl methyl sites for hydroxylation is 1. The summed E-state index contributed by atoms with van der Waals surface area (Å²) in [5, 5.41) is 0. The first kappa shape index (κ1) is 37.2. The molecule has 0 spiro atoms. The highest BCUT2D eigenvalue weighted by Gasteiger charge is 2.19. The van der Waals surface area contributed by atoms with E-state index in [1.54, 1.807) is 6.33 Å². The number of hydrogen-bond acceptors (Lipinski definition) is 3. The van der Waals surface area contributed by atoms with Gasteiger partial charge in [-0.1, -0.05) is 137 Å². The number of unbranched alkanes of at least 4 members (excludes halogenated alkanes) is 6. The third-order valence-corrected chi connectivity index (χ3v) is 8.82. The molecule has 5 heteroatoms. The van der Waals surface area contributed by atoms with Crippen molar-refractivity contribution in [1.29, 1.82) is 0 Å². The molecule has 0 saturated heterocycles. The molecule has 5 nitrogen and oxygen atoms in total. The van der Waals surface area contributed by atoms with E-state index in [4.69, 9.17) is 5.73 Å². The van der Waals surface area contributed by atoms with E-state index in [2.05, 4.69) is 80.9 Å². The highest BCUT2D eigenvalue weighted by molar-refractivity contribution is 6.09. The van der Waals surface area contributed by atoms with Crippen LogP contribution < -0.4 is 5.73 Å². The zero-order valence-electron chi connectivity index (χ0n) is 29.1. The van der Waals surface area contributed by atoms with Crippen LogP contribution in [0.3, 0.4) is 0 Å². The van der Waals surface area contributed by atoms with Crippen LogP contribution in [0.15, 0.2) is 35.6 Å². The normalized spacial score (nSPS) is 15.7. The molecule has 1 atom stereocenters. The molecule has 0 bridgehead atoms. The third-order valence-electron chi connectivity index (χ3n) is 8.82. The van der Waals surface area contributed by atoms with Crippen molar-refractivity contribution in [3.63, 3.8) is 0 Å². The third kappa shape index (κ3) is 11.9. The van der Waals surface area contributed by atoms with Gasteiger partial charge in [-0.3, -0.25) is 9.79 Å². The molecule has 1 aromatic heterocycles. The first-order valence-electron chi connectivity index (χ1n) is 17.7. The van der Waals surface area contributed by atoms with E-state index < -0.39 is 5.91 Å². The van der Waals surface area contributed by atoms with E-state index in [0.717, 1.165) is 46.7 Å². The second-order valence-electron chi connectivity index (χ2n) is 12.8. The van der Waals surface area contributed by atoms with Crippen LogP contribution in [0.1, 0.15) is 153 Å². The Morgan fingerprint density at radius 1 is 0.909 bits per heavy atom. The Bertz CT molecular complexity index is 1260. The van der Waals surface area contributed by atoms with Crippen LogP contribution in [0, 0.1) is 18.8 Å². The molecule has 2 aliphatic rings. The van der Waals surface area contributed by atoms with E-state index in [0.29, 0.717) is 17.0 Å². The maximum atomic E-state index is 11.8. The first-order chi connectivity index (χ1) is 21.3. The molecule has 44 heavy (non-hydrogen) atoms. The van der Waals surface area contributed by atoms with Gasteiger partial charge in [0.2, 0.25) is 0 Å². The smallest absolute Gasteiger partial charge is 0.251 e. The van der Waals surface area contributed by atoms with Gasteiger partial charge in [-0.25, -0.2) is 4.98 Å². The largest absolute Gasteiger partial charge is 0.366 e. The SMILES string of the molecule is CC1CCCCC1.CCC1C=Nc2cc(-c3cc(C)c(C(N)=O)c4[nH]cnc34)ccc2C1.CCCC.CCCCCCCC. The number of nitrogens with one attached hydrogen (secondary N) is 1. The van der Waals surface area contributed by atoms with Gasteiger partial charge in [0.15, 0.2) is 0 Å². The van der Waals surface area contributed by atoms with Crippen molar-refractivity contribution in [1.82, 2.24) is 9.97 Å². The number of imidazole rings is 1. The van der Waals surface area contributed by atoms with E-state index >= 15 is 0 Å². The molecule has 3 aromatic rings.